The van der Waals surface area contributed by atoms with Gasteiger partial charge in [-0.15, -0.1) is 0 Å². The Bertz CT molecular complexity index is 2020. The Balaban J connectivity index is 1.46. The number of rotatable bonds is 2. The average molecular weight is 549 g/mol. The molecule has 0 radical (unpaired) electrons. The Hall–Kier alpha value is -4.10. The number of furan rings is 1. The van der Waals surface area contributed by atoms with Crippen LogP contribution in [0.15, 0.2) is 101 Å². The summed E-state index contributed by atoms with van der Waals surface area (Å²) >= 11 is 0. The van der Waals surface area contributed by atoms with Crippen LogP contribution in [0.4, 0.5) is 0 Å². The van der Waals surface area contributed by atoms with E-state index in [9.17, 15) is 0 Å². The third-order valence-electron chi connectivity index (χ3n) is 9.42. The molecule has 0 bridgehead atoms. The second kappa shape index (κ2) is 9.46. The van der Waals surface area contributed by atoms with E-state index in [4.69, 9.17) is 4.42 Å². The van der Waals surface area contributed by atoms with Crippen molar-refractivity contribution in [1.82, 2.24) is 0 Å². The van der Waals surface area contributed by atoms with Crippen LogP contribution in [0, 0.1) is 11.3 Å². The normalized spacial score (nSPS) is 17.3. The van der Waals surface area contributed by atoms with Crippen molar-refractivity contribution in [3.63, 3.8) is 0 Å². The van der Waals surface area contributed by atoms with E-state index in [2.05, 4.69) is 152 Å². The Kier molecular flexibility index (Phi) is 6.03. The van der Waals surface area contributed by atoms with Gasteiger partial charge in [0.1, 0.15) is 11.3 Å². The topological polar surface area (TPSA) is 13.1 Å². The van der Waals surface area contributed by atoms with Gasteiger partial charge in [0, 0.05) is 16.5 Å². The smallest absolute Gasteiger partial charge is 0.142 e. The van der Waals surface area contributed by atoms with E-state index in [1.807, 2.05) is 0 Å². The Morgan fingerprint density at radius 1 is 0.619 bits per heavy atom. The van der Waals surface area contributed by atoms with Gasteiger partial charge in [0.25, 0.3) is 0 Å². The largest absolute Gasteiger partial charge is 0.456 e. The zero-order chi connectivity index (χ0) is 29.4. The van der Waals surface area contributed by atoms with Gasteiger partial charge in [-0.05, 0) is 96.8 Å². The van der Waals surface area contributed by atoms with Gasteiger partial charge in [-0.1, -0.05) is 121 Å². The molecular formula is C41H40O. The molecule has 0 fully saturated rings. The maximum atomic E-state index is 6.76. The fourth-order valence-electron chi connectivity index (χ4n) is 7.20. The molecule has 1 nitrogen and oxygen atoms in total. The van der Waals surface area contributed by atoms with Crippen LogP contribution in [0.5, 0.6) is 0 Å². The van der Waals surface area contributed by atoms with Crippen LogP contribution in [0.3, 0.4) is 0 Å². The lowest BCUT2D eigenvalue weighted by Gasteiger charge is -2.35. The quantitative estimate of drug-likeness (QED) is 0.196. The Labute approximate surface area is 249 Å². The summed E-state index contributed by atoms with van der Waals surface area (Å²) in [6, 6.07) is 33.7. The van der Waals surface area contributed by atoms with Crippen molar-refractivity contribution < 1.29 is 4.42 Å². The molecule has 1 aliphatic carbocycles. The van der Waals surface area contributed by atoms with Crippen molar-refractivity contribution in [2.24, 2.45) is 11.3 Å². The van der Waals surface area contributed by atoms with E-state index in [1.165, 1.54) is 60.3 Å². The highest BCUT2D eigenvalue weighted by Gasteiger charge is 2.35. The molecule has 0 N–H and O–H groups in total. The molecule has 210 valence electrons. The molecule has 2 atom stereocenters. The van der Waals surface area contributed by atoms with Gasteiger partial charge in [0.15, 0.2) is 0 Å². The number of hydrogen-bond acceptors (Lipinski definition) is 1. The van der Waals surface area contributed by atoms with Gasteiger partial charge in [-0.2, -0.15) is 0 Å². The first-order valence-corrected chi connectivity index (χ1v) is 15.3. The summed E-state index contributed by atoms with van der Waals surface area (Å²) in [5.74, 6) is 1.85. The predicted octanol–water partition coefficient (Wildman–Crippen LogP) is 12.2. The maximum Gasteiger partial charge on any atom is 0.142 e. The highest BCUT2D eigenvalue weighted by molar-refractivity contribution is 6.14. The van der Waals surface area contributed by atoms with Crippen LogP contribution in [-0.4, -0.2) is 0 Å². The van der Waals surface area contributed by atoms with E-state index in [1.54, 1.807) is 0 Å². The van der Waals surface area contributed by atoms with Gasteiger partial charge in [-0.3, -0.25) is 0 Å². The molecule has 2 unspecified atom stereocenters. The highest BCUT2D eigenvalue weighted by Crippen LogP contribution is 2.49. The summed E-state index contributed by atoms with van der Waals surface area (Å²) in [5, 5.41) is 6.40. The van der Waals surface area contributed by atoms with Crippen molar-refractivity contribution in [2.45, 2.75) is 59.8 Å². The summed E-state index contributed by atoms with van der Waals surface area (Å²) in [4.78, 5) is 0. The zero-order valence-corrected chi connectivity index (χ0v) is 25.9. The van der Waals surface area contributed by atoms with Crippen molar-refractivity contribution in [3.8, 4) is 22.3 Å². The van der Waals surface area contributed by atoms with E-state index < -0.39 is 0 Å². The zero-order valence-electron chi connectivity index (χ0n) is 25.9. The van der Waals surface area contributed by atoms with Crippen molar-refractivity contribution in [2.75, 3.05) is 0 Å². The predicted molar refractivity (Wildman–Crippen MR) is 181 cm³/mol. The molecule has 1 heteroatoms. The van der Waals surface area contributed by atoms with Gasteiger partial charge in [-0.25, -0.2) is 0 Å². The number of allylic oxidation sites excluding steroid dienone is 1. The molecule has 0 amide bonds. The molecule has 0 saturated carbocycles. The molecule has 1 heterocycles. The first-order chi connectivity index (χ1) is 20.0. The van der Waals surface area contributed by atoms with Crippen LogP contribution < -0.4 is 0 Å². The molecule has 1 aliphatic rings. The monoisotopic (exact) mass is 548 g/mol. The standard InChI is InChI=1S/C41H40O/c1-25-36(41(5,6)7)19-20-37-38(25)35-24-29(40(2,3)4)23-34(39(35)42-37)27-15-12-14-26(21-27)33-22-28-13-8-9-16-30(28)31-17-10-11-18-32(31)33/h8-25,36H,1-7H3. The Morgan fingerprint density at radius 3 is 2.00 bits per heavy atom. The summed E-state index contributed by atoms with van der Waals surface area (Å²) < 4.78 is 6.76. The maximum absolute atomic E-state index is 6.76. The van der Waals surface area contributed by atoms with Crippen molar-refractivity contribution in [3.05, 3.63) is 114 Å². The lowest BCUT2D eigenvalue weighted by atomic mass is 9.68. The fourth-order valence-corrected chi connectivity index (χ4v) is 7.20. The number of fused-ring (bicyclic) bond motifs is 6. The molecule has 0 aliphatic heterocycles. The minimum Gasteiger partial charge on any atom is -0.456 e. The minimum absolute atomic E-state index is 0.0103. The molecule has 0 saturated heterocycles. The van der Waals surface area contributed by atoms with E-state index in [0.29, 0.717) is 11.8 Å². The average Bonchev–Trinajstić information content (AvgIpc) is 3.35. The second-order valence-electron chi connectivity index (χ2n) is 14.3. The lowest BCUT2D eigenvalue weighted by molar-refractivity contribution is 0.257. The first-order valence-electron chi connectivity index (χ1n) is 15.3. The second-order valence-corrected chi connectivity index (χ2v) is 14.3. The molecular weight excluding hydrogens is 508 g/mol. The number of hydrogen-bond donors (Lipinski definition) is 0. The first kappa shape index (κ1) is 26.8. The van der Waals surface area contributed by atoms with Gasteiger partial charge < -0.3 is 4.42 Å². The highest BCUT2D eigenvalue weighted by atomic mass is 16.3. The summed E-state index contributed by atoms with van der Waals surface area (Å²) in [7, 11) is 0. The molecule has 42 heavy (non-hydrogen) atoms. The van der Waals surface area contributed by atoms with Crippen molar-refractivity contribution >= 4 is 38.6 Å². The van der Waals surface area contributed by atoms with Crippen LogP contribution >= 0.6 is 0 Å². The van der Waals surface area contributed by atoms with Crippen LogP contribution in [0.2, 0.25) is 0 Å². The van der Waals surface area contributed by atoms with Crippen LogP contribution in [-0.2, 0) is 5.41 Å². The van der Waals surface area contributed by atoms with Gasteiger partial charge >= 0.3 is 0 Å². The van der Waals surface area contributed by atoms with E-state index in [-0.39, 0.29) is 10.8 Å². The van der Waals surface area contributed by atoms with Crippen LogP contribution in [0.25, 0.3) is 60.8 Å². The van der Waals surface area contributed by atoms with Gasteiger partial charge in [0.2, 0.25) is 0 Å². The third kappa shape index (κ3) is 4.29. The van der Waals surface area contributed by atoms with Crippen LogP contribution in [0.1, 0.15) is 71.3 Å². The van der Waals surface area contributed by atoms with E-state index >= 15 is 0 Å². The fraction of sp³-hybridized carbons (Fsp3) is 0.268. The third-order valence-corrected chi connectivity index (χ3v) is 9.42. The lowest BCUT2D eigenvalue weighted by Crippen LogP contribution is -2.25. The molecule has 0 spiro atoms. The molecule has 6 aromatic rings. The molecule has 5 aromatic carbocycles. The summed E-state index contributed by atoms with van der Waals surface area (Å²) in [6.07, 6.45) is 4.59. The Morgan fingerprint density at radius 2 is 1.29 bits per heavy atom. The number of benzene rings is 5. The molecule has 7 rings (SSSR count). The summed E-state index contributed by atoms with van der Waals surface area (Å²) in [6.45, 7) is 16.3. The minimum atomic E-state index is 0.0103. The SMILES string of the molecule is CC1c2c(oc3c(-c4cccc(-c5cc6ccccc6c6ccccc56)c4)cc(C(C)(C)C)cc23)C=CC1C(C)(C)C. The van der Waals surface area contributed by atoms with Gasteiger partial charge in [0.05, 0.1) is 0 Å². The molecule has 1 aromatic heterocycles. The summed E-state index contributed by atoms with van der Waals surface area (Å²) in [5.41, 5.74) is 8.73. The van der Waals surface area contributed by atoms with Crippen molar-refractivity contribution in [1.29, 1.82) is 0 Å². The van der Waals surface area contributed by atoms with E-state index in [0.717, 1.165) is 11.3 Å².